The standard InChI is InChI=1S/C23H26N4O4/c1-4-30-16-7-8-19-17(10-16)20(14(3)31-19)23(29)27-9-5-6-15(12-27)22-25-11-18(21(24)28)13(2)26-22/h7-8,10-11,15H,4-6,9,12H2,1-3H3,(H2,24,28). The minimum absolute atomic E-state index is 0.00390. The topological polar surface area (TPSA) is 112 Å². The molecule has 1 aliphatic heterocycles. The van der Waals surface area contributed by atoms with Crippen LogP contribution in [-0.2, 0) is 0 Å². The van der Waals surface area contributed by atoms with E-state index >= 15 is 0 Å². The van der Waals surface area contributed by atoms with Crippen molar-refractivity contribution < 1.29 is 18.7 Å². The van der Waals surface area contributed by atoms with E-state index < -0.39 is 5.91 Å². The number of amides is 2. The number of ether oxygens (including phenoxy) is 1. The summed E-state index contributed by atoms with van der Waals surface area (Å²) in [5.74, 6) is 1.31. The zero-order chi connectivity index (χ0) is 22.1. The first-order chi connectivity index (χ1) is 14.9. The molecular weight excluding hydrogens is 396 g/mol. The molecule has 162 valence electrons. The monoisotopic (exact) mass is 422 g/mol. The number of aromatic nitrogens is 2. The van der Waals surface area contributed by atoms with Gasteiger partial charge >= 0.3 is 0 Å². The van der Waals surface area contributed by atoms with Gasteiger partial charge in [0.15, 0.2) is 0 Å². The maximum Gasteiger partial charge on any atom is 0.258 e. The summed E-state index contributed by atoms with van der Waals surface area (Å²) in [6, 6.07) is 5.54. The van der Waals surface area contributed by atoms with Crippen LogP contribution in [0.25, 0.3) is 11.0 Å². The molecule has 0 aliphatic carbocycles. The second-order valence-corrected chi connectivity index (χ2v) is 7.81. The predicted octanol–water partition coefficient (Wildman–Crippen LogP) is 3.36. The molecule has 2 N–H and O–H groups in total. The number of fused-ring (bicyclic) bond motifs is 1. The Morgan fingerprint density at radius 3 is 2.84 bits per heavy atom. The highest BCUT2D eigenvalue weighted by molar-refractivity contribution is 6.07. The molecule has 0 bridgehead atoms. The first-order valence-corrected chi connectivity index (χ1v) is 10.5. The Morgan fingerprint density at radius 2 is 2.13 bits per heavy atom. The maximum atomic E-state index is 13.5. The Bertz CT molecular complexity index is 1150. The van der Waals surface area contributed by atoms with E-state index in [4.69, 9.17) is 14.9 Å². The zero-order valence-corrected chi connectivity index (χ0v) is 18.0. The summed E-state index contributed by atoms with van der Waals surface area (Å²) >= 11 is 0. The normalized spacial score (nSPS) is 16.5. The van der Waals surface area contributed by atoms with Crippen LogP contribution in [0.2, 0.25) is 0 Å². The number of likely N-dealkylation sites (tertiary alicyclic amines) is 1. The fourth-order valence-electron chi connectivity index (χ4n) is 4.18. The fraction of sp³-hybridized carbons (Fsp3) is 0.391. The Kier molecular flexibility index (Phi) is 5.63. The summed E-state index contributed by atoms with van der Waals surface area (Å²) < 4.78 is 11.4. The highest BCUT2D eigenvalue weighted by Gasteiger charge is 2.30. The molecule has 0 saturated carbocycles. The lowest BCUT2D eigenvalue weighted by molar-refractivity contribution is 0.0704. The van der Waals surface area contributed by atoms with E-state index in [0.29, 0.717) is 59.4 Å². The van der Waals surface area contributed by atoms with E-state index in [2.05, 4.69) is 9.97 Å². The van der Waals surface area contributed by atoms with Gasteiger partial charge in [-0.3, -0.25) is 9.59 Å². The third kappa shape index (κ3) is 3.97. The molecule has 0 radical (unpaired) electrons. The molecular formula is C23H26N4O4. The number of hydrogen-bond donors (Lipinski definition) is 1. The van der Waals surface area contributed by atoms with E-state index in [9.17, 15) is 9.59 Å². The highest BCUT2D eigenvalue weighted by atomic mass is 16.5. The van der Waals surface area contributed by atoms with Crippen molar-refractivity contribution in [2.45, 2.75) is 39.5 Å². The van der Waals surface area contributed by atoms with Gasteiger partial charge in [-0.05, 0) is 51.8 Å². The van der Waals surface area contributed by atoms with Gasteiger partial charge in [0.2, 0.25) is 0 Å². The quantitative estimate of drug-likeness (QED) is 0.675. The van der Waals surface area contributed by atoms with Gasteiger partial charge < -0.3 is 19.8 Å². The third-order valence-electron chi connectivity index (χ3n) is 5.70. The average Bonchev–Trinajstić information content (AvgIpc) is 3.08. The molecule has 31 heavy (non-hydrogen) atoms. The van der Waals surface area contributed by atoms with Gasteiger partial charge in [0.25, 0.3) is 11.8 Å². The number of furan rings is 1. The number of primary amides is 1. The van der Waals surface area contributed by atoms with Crippen LogP contribution in [0.15, 0.2) is 28.8 Å². The molecule has 1 fully saturated rings. The molecule has 2 amide bonds. The number of hydrogen-bond acceptors (Lipinski definition) is 6. The van der Waals surface area contributed by atoms with E-state index in [0.717, 1.165) is 18.2 Å². The molecule has 1 aromatic carbocycles. The Hall–Kier alpha value is -3.42. The number of carbonyl (C=O) groups is 2. The van der Waals surface area contributed by atoms with Crippen LogP contribution in [0.3, 0.4) is 0 Å². The largest absolute Gasteiger partial charge is 0.494 e. The predicted molar refractivity (Wildman–Crippen MR) is 115 cm³/mol. The molecule has 8 nitrogen and oxygen atoms in total. The van der Waals surface area contributed by atoms with Crippen LogP contribution in [0, 0.1) is 13.8 Å². The molecule has 1 saturated heterocycles. The van der Waals surface area contributed by atoms with Crippen molar-refractivity contribution in [3.8, 4) is 5.75 Å². The second-order valence-electron chi connectivity index (χ2n) is 7.81. The Morgan fingerprint density at radius 1 is 1.32 bits per heavy atom. The number of rotatable bonds is 5. The molecule has 3 heterocycles. The van der Waals surface area contributed by atoms with Crippen LogP contribution in [0.1, 0.15) is 63.7 Å². The SMILES string of the molecule is CCOc1ccc2oc(C)c(C(=O)N3CCCC(c4ncc(C(N)=O)c(C)n4)C3)c2c1. The van der Waals surface area contributed by atoms with E-state index in [1.54, 1.807) is 6.92 Å². The van der Waals surface area contributed by atoms with Crippen molar-refractivity contribution in [3.63, 3.8) is 0 Å². The van der Waals surface area contributed by atoms with Crippen LogP contribution >= 0.6 is 0 Å². The van der Waals surface area contributed by atoms with Crippen molar-refractivity contribution >= 4 is 22.8 Å². The van der Waals surface area contributed by atoms with Gasteiger partial charge in [0.1, 0.15) is 22.9 Å². The summed E-state index contributed by atoms with van der Waals surface area (Å²) in [4.78, 5) is 35.6. The van der Waals surface area contributed by atoms with E-state index in [1.165, 1.54) is 6.20 Å². The molecule has 2 aromatic heterocycles. The molecule has 3 aromatic rings. The summed E-state index contributed by atoms with van der Waals surface area (Å²) in [6.07, 6.45) is 3.19. The lowest BCUT2D eigenvalue weighted by atomic mass is 9.96. The van der Waals surface area contributed by atoms with Crippen molar-refractivity contribution in [2.24, 2.45) is 5.73 Å². The zero-order valence-electron chi connectivity index (χ0n) is 18.0. The number of nitrogens with zero attached hydrogens (tertiary/aromatic N) is 3. The number of carbonyl (C=O) groups excluding carboxylic acids is 2. The average molecular weight is 422 g/mol. The first-order valence-electron chi connectivity index (χ1n) is 10.5. The number of piperidine rings is 1. The Balaban J connectivity index is 1.61. The number of aryl methyl sites for hydroxylation is 2. The summed E-state index contributed by atoms with van der Waals surface area (Å²) in [5, 5.41) is 0.758. The lowest BCUT2D eigenvalue weighted by Crippen LogP contribution is -2.39. The molecule has 8 heteroatoms. The molecule has 1 aliphatic rings. The van der Waals surface area contributed by atoms with Crippen LogP contribution in [0.5, 0.6) is 5.75 Å². The summed E-state index contributed by atoms with van der Waals surface area (Å²) in [7, 11) is 0. The number of nitrogens with two attached hydrogens (primary N) is 1. The smallest absolute Gasteiger partial charge is 0.258 e. The van der Waals surface area contributed by atoms with Gasteiger partial charge in [-0.25, -0.2) is 9.97 Å². The van der Waals surface area contributed by atoms with Crippen molar-refractivity contribution in [1.82, 2.24) is 14.9 Å². The van der Waals surface area contributed by atoms with E-state index in [1.807, 2.05) is 36.9 Å². The van der Waals surface area contributed by atoms with Gasteiger partial charge in [-0.1, -0.05) is 0 Å². The van der Waals surface area contributed by atoms with Crippen molar-refractivity contribution in [1.29, 1.82) is 0 Å². The minimum atomic E-state index is -0.543. The number of benzene rings is 1. The van der Waals surface area contributed by atoms with Crippen molar-refractivity contribution in [3.05, 3.63) is 52.8 Å². The summed E-state index contributed by atoms with van der Waals surface area (Å²) in [5.41, 5.74) is 7.47. The minimum Gasteiger partial charge on any atom is -0.494 e. The lowest BCUT2D eigenvalue weighted by Gasteiger charge is -2.32. The maximum absolute atomic E-state index is 13.5. The van der Waals surface area contributed by atoms with Gasteiger partial charge in [0, 0.05) is 30.6 Å². The van der Waals surface area contributed by atoms with E-state index in [-0.39, 0.29) is 11.8 Å². The fourth-order valence-corrected chi connectivity index (χ4v) is 4.18. The van der Waals surface area contributed by atoms with Crippen LogP contribution in [0.4, 0.5) is 0 Å². The van der Waals surface area contributed by atoms with Gasteiger partial charge in [-0.15, -0.1) is 0 Å². The molecule has 0 spiro atoms. The third-order valence-corrected chi connectivity index (χ3v) is 5.70. The molecule has 1 unspecified atom stereocenters. The van der Waals surface area contributed by atoms with Gasteiger partial charge in [-0.2, -0.15) is 0 Å². The van der Waals surface area contributed by atoms with Crippen molar-refractivity contribution in [2.75, 3.05) is 19.7 Å². The van der Waals surface area contributed by atoms with Crippen LogP contribution in [-0.4, -0.2) is 46.4 Å². The summed E-state index contributed by atoms with van der Waals surface area (Å²) in [6.45, 7) is 7.19. The molecule has 1 atom stereocenters. The van der Waals surface area contributed by atoms with Crippen LogP contribution < -0.4 is 10.5 Å². The molecule has 4 rings (SSSR count). The highest BCUT2D eigenvalue weighted by Crippen LogP contribution is 2.32. The second kappa shape index (κ2) is 8.37. The first kappa shape index (κ1) is 20.8. The van der Waals surface area contributed by atoms with Gasteiger partial charge in [0.05, 0.1) is 23.4 Å². The Labute approximate surface area is 180 Å².